The predicted molar refractivity (Wildman–Crippen MR) is 53.5 cm³/mol. The molecule has 0 spiro atoms. The molecule has 5 heteroatoms. The molecule has 2 aromatic rings. The summed E-state index contributed by atoms with van der Waals surface area (Å²) in [6.07, 6.45) is 1.47. The van der Waals surface area contributed by atoms with E-state index in [-0.39, 0.29) is 0 Å². The lowest BCUT2D eigenvalue weighted by atomic mass is 10.2. The number of aliphatic imine (C=N–C) groups is 1. The van der Waals surface area contributed by atoms with E-state index in [1.165, 1.54) is 6.08 Å². The van der Waals surface area contributed by atoms with Crippen LogP contribution in [0.3, 0.4) is 0 Å². The van der Waals surface area contributed by atoms with Gasteiger partial charge in [-0.1, -0.05) is 17.7 Å². The minimum atomic E-state index is 0.347. The van der Waals surface area contributed by atoms with Gasteiger partial charge in [-0.05, 0) is 12.1 Å². The molecule has 0 N–H and O–H groups in total. The maximum atomic E-state index is 10.1. The molecule has 0 aliphatic rings. The second kappa shape index (κ2) is 3.25. The molecule has 4 nitrogen and oxygen atoms in total. The molecule has 0 saturated heterocycles. The molecule has 1 heterocycles. The highest BCUT2D eigenvalue weighted by molar-refractivity contribution is 6.35. The van der Waals surface area contributed by atoms with E-state index in [0.717, 1.165) is 10.9 Å². The minimum absolute atomic E-state index is 0.347. The van der Waals surface area contributed by atoms with E-state index in [1.807, 2.05) is 6.07 Å². The van der Waals surface area contributed by atoms with E-state index in [2.05, 4.69) is 10.1 Å². The molecule has 70 valence electrons. The summed E-state index contributed by atoms with van der Waals surface area (Å²) in [5, 5.41) is 5.38. The van der Waals surface area contributed by atoms with Crippen LogP contribution in [0.25, 0.3) is 10.9 Å². The number of hydrogen-bond acceptors (Lipinski definition) is 3. The number of carbonyl (C=O) groups excluding carboxylic acids is 1. The van der Waals surface area contributed by atoms with Gasteiger partial charge in [0.15, 0.2) is 5.82 Å². The third-order valence-corrected chi connectivity index (χ3v) is 2.25. The van der Waals surface area contributed by atoms with Crippen LogP contribution in [0.1, 0.15) is 0 Å². The van der Waals surface area contributed by atoms with E-state index in [9.17, 15) is 4.79 Å². The van der Waals surface area contributed by atoms with E-state index < -0.39 is 0 Å². The summed E-state index contributed by atoms with van der Waals surface area (Å²) in [5.74, 6) is 0.347. The summed E-state index contributed by atoms with van der Waals surface area (Å²) < 4.78 is 1.59. The Morgan fingerprint density at radius 2 is 2.36 bits per heavy atom. The molecule has 0 saturated carbocycles. The van der Waals surface area contributed by atoms with Crippen molar-refractivity contribution in [2.24, 2.45) is 12.0 Å². The zero-order valence-electron chi connectivity index (χ0n) is 7.36. The predicted octanol–water partition coefficient (Wildman–Crippen LogP) is 2.19. The molecule has 2 rings (SSSR count). The minimum Gasteiger partial charge on any atom is -0.264 e. The fraction of sp³-hybridized carbons (Fsp3) is 0.111. The maximum Gasteiger partial charge on any atom is 0.242 e. The number of rotatable bonds is 1. The van der Waals surface area contributed by atoms with Gasteiger partial charge in [0.25, 0.3) is 0 Å². The smallest absolute Gasteiger partial charge is 0.242 e. The topological polar surface area (TPSA) is 47.2 Å². The van der Waals surface area contributed by atoms with Gasteiger partial charge in [0.2, 0.25) is 6.08 Å². The van der Waals surface area contributed by atoms with Crippen molar-refractivity contribution in [1.82, 2.24) is 9.78 Å². The molecule has 0 unspecified atom stereocenters. The molecule has 0 amide bonds. The van der Waals surface area contributed by atoms with Gasteiger partial charge in [-0.2, -0.15) is 5.10 Å². The Morgan fingerprint density at radius 3 is 3.07 bits per heavy atom. The molecule has 0 atom stereocenters. The van der Waals surface area contributed by atoms with Crippen molar-refractivity contribution in [1.29, 1.82) is 0 Å². The molecule has 0 bridgehead atoms. The molecule has 0 fully saturated rings. The summed E-state index contributed by atoms with van der Waals surface area (Å²) in [5.41, 5.74) is 0.767. The van der Waals surface area contributed by atoms with Crippen LogP contribution in [0.5, 0.6) is 0 Å². The number of aryl methyl sites for hydroxylation is 1. The van der Waals surface area contributed by atoms with Crippen molar-refractivity contribution < 1.29 is 4.79 Å². The Labute approximate surface area is 84.8 Å². The highest BCUT2D eigenvalue weighted by Gasteiger charge is 2.09. The number of fused-ring (bicyclic) bond motifs is 1. The van der Waals surface area contributed by atoms with Gasteiger partial charge in [0, 0.05) is 12.4 Å². The van der Waals surface area contributed by atoms with Crippen molar-refractivity contribution in [3.8, 4) is 0 Å². The molecule has 0 aliphatic heterocycles. The standard InChI is InChI=1S/C9H6ClN3O/c1-13-8-6(3-2-4-7(8)10)9(12-13)11-5-14/h2-4H,1H3. The molecule has 0 radical (unpaired) electrons. The molecule has 1 aromatic heterocycles. The third-order valence-electron chi connectivity index (χ3n) is 1.95. The zero-order valence-corrected chi connectivity index (χ0v) is 8.12. The number of hydrogen-bond donors (Lipinski definition) is 0. The number of isocyanates is 1. The van der Waals surface area contributed by atoms with Crippen LogP contribution in [0, 0.1) is 0 Å². The van der Waals surface area contributed by atoms with E-state index in [4.69, 9.17) is 11.6 Å². The van der Waals surface area contributed by atoms with Crippen molar-refractivity contribution in [2.75, 3.05) is 0 Å². The Bertz CT molecular complexity index is 540. The van der Waals surface area contributed by atoms with Gasteiger partial charge in [-0.15, -0.1) is 4.99 Å². The van der Waals surface area contributed by atoms with Crippen LogP contribution < -0.4 is 0 Å². The summed E-state index contributed by atoms with van der Waals surface area (Å²) >= 11 is 5.97. The van der Waals surface area contributed by atoms with Crippen LogP contribution in [0.2, 0.25) is 5.02 Å². The van der Waals surface area contributed by atoms with E-state index in [0.29, 0.717) is 10.8 Å². The Hall–Kier alpha value is -1.64. The normalized spacial score (nSPS) is 10.1. The highest BCUT2D eigenvalue weighted by Crippen LogP contribution is 2.29. The first-order chi connectivity index (χ1) is 6.74. The lowest BCUT2D eigenvalue weighted by Gasteiger charge is -1.94. The van der Waals surface area contributed by atoms with Crippen LogP contribution in [-0.2, 0) is 11.8 Å². The molecule has 0 aliphatic carbocycles. The van der Waals surface area contributed by atoms with Crippen molar-refractivity contribution in [2.45, 2.75) is 0 Å². The second-order valence-corrected chi connectivity index (χ2v) is 3.19. The second-order valence-electron chi connectivity index (χ2n) is 2.79. The fourth-order valence-electron chi connectivity index (χ4n) is 1.40. The Morgan fingerprint density at radius 1 is 1.57 bits per heavy atom. The van der Waals surface area contributed by atoms with E-state index >= 15 is 0 Å². The molecule has 1 aromatic carbocycles. The van der Waals surface area contributed by atoms with Gasteiger partial charge in [0.05, 0.1) is 10.5 Å². The number of aromatic nitrogens is 2. The van der Waals surface area contributed by atoms with Crippen molar-refractivity contribution in [3.05, 3.63) is 23.2 Å². The van der Waals surface area contributed by atoms with Gasteiger partial charge < -0.3 is 0 Å². The summed E-state index contributed by atoms with van der Waals surface area (Å²) in [6.45, 7) is 0. The number of para-hydroxylation sites is 1. The lowest BCUT2D eigenvalue weighted by Crippen LogP contribution is -1.89. The molecular weight excluding hydrogens is 202 g/mol. The van der Waals surface area contributed by atoms with Gasteiger partial charge in [-0.25, -0.2) is 4.79 Å². The number of nitrogens with zero attached hydrogens (tertiary/aromatic N) is 3. The Balaban J connectivity index is 2.90. The maximum absolute atomic E-state index is 10.1. The first-order valence-electron chi connectivity index (χ1n) is 3.93. The number of halogens is 1. The quantitative estimate of drug-likeness (QED) is 0.532. The Kier molecular flexibility index (Phi) is 2.08. The zero-order chi connectivity index (χ0) is 10.1. The number of benzene rings is 1. The van der Waals surface area contributed by atoms with Crippen molar-refractivity contribution in [3.63, 3.8) is 0 Å². The largest absolute Gasteiger partial charge is 0.264 e. The first kappa shape index (κ1) is 8.94. The van der Waals surface area contributed by atoms with Gasteiger partial charge in [0.1, 0.15) is 0 Å². The molecular formula is C9H6ClN3O. The first-order valence-corrected chi connectivity index (χ1v) is 4.31. The van der Waals surface area contributed by atoms with Crippen LogP contribution in [0.15, 0.2) is 23.2 Å². The van der Waals surface area contributed by atoms with E-state index in [1.54, 1.807) is 23.9 Å². The SMILES string of the molecule is Cn1nc(N=C=O)c2cccc(Cl)c21. The van der Waals surface area contributed by atoms with Crippen LogP contribution in [-0.4, -0.2) is 15.9 Å². The average Bonchev–Trinajstić information content (AvgIpc) is 2.46. The van der Waals surface area contributed by atoms with Crippen molar-refractivity contribution >= 4 is 34.4 Å². The summed E-state index contributed by atoms with van der Waals surface area (Å²) in [7, 11) is 1.75. The molecule has 14 heavy (non-hydrogen) atoms. The third kappa shape index (κ3) is 1.21. The van der Waals surface area contributed by atoms with Crippen LogP contribution in [0.4, 0.5) is 5.82 Å². The van der Waals surface area contributed by atoms with Crippen LogP contribution >= 0.6 is 11.6 Å². The summed E-state index contributed by atoms with van der Waals surface area (Å²) in [6, 6.07) is 5.36. The van der Waals surface area contributed by atoms with Gasteiger partial charge >= 0.3 is 0 Å². The fourth-order valence-corrected chi connectivity index (χ4v) is 1.69. The monoisotopic (exact) mass is 207 g/mol. The summed E-state index contributed by atoms with van der Waals surface area (Å²) in [4.78, 5) is 13.6. The van der Waals surface area contributed by atoms with Gasteiger partial charge in [-0.3, -0.25) is 4.68 Å². The average molecular weight is 208 g/mol. The lowest BCUT2D eigenvalue weighted by molar-refractivity contribution is 0.565. The highest BCUT2D eigenvalue weighted by atomic mass is 35.5.